The molecular weight excluding hydrogens is 428 g/mol. The molecule has 2 N–H and O–H groups in total. The molecule has 20 heavy (non-hydrogen) atoms. The Morgan fingerprint density at radius 2 is 0.800 bits per heavy atom. The molecule has 0 saturated carbocycles. The molecule has 2 atom stereocenters. The van der Waals surface area contributed by atoms with Crippen LogP contribution in [0, 0.1) is 0 Å². The third-order valence-electron chi connectivity index (χ3n) is 1.23. The second-order valence-electron chi connectivity index (χ2n) is 2.72. The maximum Gasteiger partial charge on any atom is 0.439 e. The van der Waals surface area contributed by atoms with Gasteiger partial charge in [-0.25, -0.2) is 8.78 Å². The minimum atomic E-state index is -5.21. The van der Waals surface area contributed by atoms with Crippen molar-refractivity contribution < 1.29 is 64.8 Å². The first-order chi connectivity index (χ1) is 7.62. The normalized spacial score (nSPS) is 17.4. The second kappa shape index (κ2) is 9.79. The molecule has 0 aliphatic rings. The summed E-state index contributed by atoms with van der Waals surface area (Å²) in [5.74, 6) is 0. The average molecular weight is 435 g/mol. The van der Waals surface area contributed by atoms with E-state index in [1.807, 2.05) is 0 Å². The smallest absolute Gasteiger partial charge is 0.391 e. The Hall–Kier alpha value is 0.853. The minimum absolute atomic E-state index is 0. The summed E-state index contributed by atoms with van der Waals surface area (Å²) in [5.41, 5.74) is 0. The fourth-order valence-electron chi connectivity index (χ4n) is 0.179. The summed E-state index contributed by atoms with van der Waals surface area (Å²) in [7, 11) is 0. The maximum atomic E-state index is 11.7. The molecule has 0 saturated heterocycles. The van der Waals surface area contributed by atoms with E-state index < -0.39 is 35.8 Å². The minimum Gasteiger partial charge on any atom is -0.391 e. The molecule has 0 aromatic carbocycles. The summed E-state index contributed by atoms with van der Waals surface area (Å²) < 4.78 is 90.4. The third-order valence-corrected chi connectivity index (χ3v) is 1.89. The third kappa shape index (κ3) is 9.73. The van der Waals surface area contributed by atoms with Crippen LogP contribution in [-0.2, 0) is 19.5 Å². The number of halogens is 11. The Kier molecular flexibility index (Phi) is 14.2. The van der Waals surface area contributed by atoms with Gasteiger partial charge in [0.25, 0.3) is 0 Å². The van der Waals surface area contributed by atoms with Gasteiger partial charge in [0, 0.05) is 19.5 Å². The second-order valence-corrected chi connectivity index (χ2v) is 3.92. The molecule has 0 aliphatic carbocycles. The predicted molar refractivity (Wildman–Crippen MR) is 52.9 cm³/mol. The van der Waals surface area contributed by atoms with Gasteiger partial charge < -0.3 is 10.2 Å². The largest absolute Gasteiger partial charge is 0.439 e. The van der Waals surface area contributed by atoms with E-state index in [2.05, 4.69) is 23.2 Å². The van der Waals surface area contributed by atoms with Gasteiger partial charge in [0.15, 0.2) is 0 Å². The van der Waals surface area contributed by atoms with Crippen molar-refractivity contribution >= 4 is 35.6 Å². The molecular formula is C6H7Cl3F8O2Zn. The molecule has 0 aliphatic heterocycles. The van der Waals surface area contributed by atoms with Crippen LogP contribution >= 0.6 is 35.6 Å². The Bertz CT molecular complexity index is 232. The first-order valence-electron chi connectivity index (χ1n) is 3.73. The Labute approximate surface area is 136 Å². The van der Waals surface area contributed by atoms with Gasteiger partial charge in [-0.3, -0.25) is 0 Å². The molecule has 14 heteroatoms. The molecule has 0 amide bonds. The average Bonchev–Trinajstić information content (AvgIpc) is 2.15. The first kappa shape index (κ1) is 28.9. The van der Waals surface area contributed by atoms with Crippen LogP contribution in [0.2, 0.25) is 0 Å². The van der Waals surface area contributed by atoms with Crippen LogP contribution in [-0.4, -0.2) is 46.0 Å². The first-order valence-corrected chi connectivity index (χ1v) is 4.49. The molecule has 0 bridgehead atoms. The number of aliphatic hydroxyl groups is 2. The van der Waals surface area contributed by atoms with Gasteiger partial charge in [0.2, 0.25) is 0 Å². The van der Waals surface area contributed by atoms with Gasteiger partial charge in [-0.15, -0.1) is 12.4 Å². The summed E-state index contributed by atoms with van der Waals surface area (Å²) in [5, 5.41) is 7.42. The Balaban J connectivity index is -0.000000116. The zero-order chi connectivity index (χ0) is 15.4. The topological polar surface area (TPSA) is 40.5 Å². The molecule has 0 fully saturated rings. The quantitative estimate of drug-likeness (QED) is 0.398. The molecule has 0 radical (unpaired) electrons. The molecule has 2 unspecified atom stereocenters. The van der Waals surface area contributed by atoms with E-state index in [0.717, 1.165) is 0 Å². The molecule has 0 spiro atoms. The number of hydrogen-bond donors (Lipinski definition) is 2. The zero-order valence-electron chi connectivity index (χ0n) is 9.20. The van der Waals surface area contributed by atoms with Crippen LogP contribution in [0.1, 0.15) is 0 Å². The van der Waals surface area contributed by atoms with Crippen molar-refractivity contribution in [1.82, 2.24) is 0 Å². The van der Waals surface area contributed by atoms with Crippen molar-refractivity contribution in [3.8, 4) is 0 Å². The van der Waals surface area contributed by atoms with E-state index >= 15 is 0 Å². The number of hydrogen-bond acceptors (Lipinski definition) is 2. The van der Waals surface area contributed by atoms with E-state index in [4.69, 9.17) is 10.2 Å². The molecule has 2 nitrogen and oxygen atoms in total. The number of aliphatic hydroxyl groups excluding tert-OH is 2. The van der Waals surface area contributed by atoms with Crippen molar-refractivity contribution in [2.75, 3.05) is 13.2 Å². The van der Waals surface area contributed by atoms with Crippen molar-refractivity contribution in [3.05, 3.63) is 0 Å². The van der Waals surface area contributed by atoms with Gasteiger partial charge in [0.05, 0.1) is 0 Å². The predicted octanol–water partition coefficient (Wildman–Crippen LogP) is 3.31. The number of alkyl halides is 10. The standard InChI is InChI=1S/2C3H3ClF4O.ClH.Zn/c2*4-2(5,1-9)3(6,7)8;;/h2*9H,1H2;1H;. The zero-order valence-corrected chi connectivity index (χ0v) is 14.5. The maximum absolute atomic E-state index is 11.7. The van der Waals surface area contributed by atoms with Crippen molar-refractivity contribution in [1.29, 1.82) is 0 Å². The molecule has 122 valence electrons. The van der Waals surface area contributed by atoms with Crippen molar-refractivity contribution in [2.45, 2.75) is 22.6 Å². The summed E-state index contributed by atoms with van der Waals surface area (Å²) in [4.78, 5) is 0. The van der Waals surface area contributed by atoms with Gasteiger partial charge in [-0.2, -0.15) is 26.3 Å². The molecule has 0 heterocycles. The summed E-state index contributed by atoms with van der Waals surface area (Å²) in [6, 6.07) is 0. The van der Waals surface area contributed by atoms with Crippen molar-refractivity contribution in [3.63, 3.8) is 0 Å². The summed E-state index contributed by atoms with van der Waals surface area (Å²) in [6.07, 6.45) is -10.4. The summed E-state index contributed by atoms with van der Waals surface area (Å²) >= 11 is 8.31. The summed E-state index contributed by atoms with van der Waals surface area (Å²) in [6.45, 7) is -3.53. The van der Waals surface area contributed by atoms with Crippen LogP contribution in [0.15, 0.2) is 0 Å². The van der Waals surface area contributed by atoms with Gasteiger partial charge in [-0.1, -0.05) is 23.2 Å². The fraction of sp³-hybridized carbons (Fsp3) is 1.00. The molecule has 0 rings (SSSR count). The van der Waals surface area contributed by atoms with Crippen LogP contribution in [0.25, 0.3) is 0 Å². The monoisotopic (exact) mass is 432 g/mol. The van der Waals surface area contributed by atoms with Gasteiger partial charge >= 0.3 is 22.6 Å². The van der Waals surface area contributed by atoms with Crippen LogP contribution < -0.4 is 0 Å². The SMILES string of the molecule is Cl.OCC(F)(Cl)C(F)(F)F.OCC(F)(Cl)C(F)(F)F.[Zn]. The Morgan fingerprint density at radius 1 is 0.650 bits per heavy atom. The van der Waals surface area contributed by atoms with E-state index in [1.165, 1.54) is 0 Å². The fourth-order valence-corrected chi connectivity index (χ4v) is 0.179. The van der Waals surface area contributed by atoms with Gasteiger partial charge in [0.1, 0.15) is 13.2 Å². The van der Waals surface area contributed by atoms with Crippen molar-refractivity contribution in [2.24, 2.45) is 0 Å². The van der Waals surface area contributed by atoms with E-state index in [-0.39, 0.29) is 31.9 Å². The Morgan fingerprint density at radius 3 is 0.800 bits per heavy atom. The van der Waals surface area contributed by atoms with E-state index in [1.54, 1.807) is 0 Å². The molecule has 0 aromatic rings. The molecule has 0 aromatic heterocycles. The van der Waals surface area contributed by atoms with Gasteiger partial charge in [-0.05, 0) is 0 Å². The van der Waals surface area contributed by atoms with E-state index in [9.17, 15) is 35.1 Å². The van der Waals surface area contributed by atoms with Crippen LogP contribution in [0.4, 0.5) is 35.1 Å². The van der Waals surface area contributed by atoms with E-state index in [0.29, 0.717) is 0 Å². The van der Waals surface area contributed by atoms with Crippen LogP contribution in [0.5, 0.6) is 0 Å². The van der Waals surface area contributed by atoms with Crippen LogP contribution in [0.3, 0.4) is 0 Å². The number of rotatable bonds is 2.